The van der Waals surface area contributed by atoms with E-state index in [0.29, 0.717) is 5.69 Å². The Hall–Kier alpha value is -1.49. The van der Waals surface area contributed by atoms with Gasteiger partial charge in [-0.15, -0.1) is 0 Å². The summed E-state index contributed by atoms with van der Waals surface area (Å²) in [5.74, 6) is -0.217. The van der Waals surface area contributed by atoms with Crippen LogP contribution in [0.1, 0.15) is 25.7 Å². The lowest BCUT2D eigenvalue weighted by Gasteiger charge is -2.37. The smallest absolute Gasteiger partial charge is 0.167 e. The zero-order valence-electron chi connectivity index (χ0n) is 12.5. The van der Waals surface area contributed by atoms with Crippen molar-refractivity contribution in [1.82, 2.24) is 4.90 Å². The zero-order valence-corrected chi connectivity index (χ0v) is 12.5. The molecule has 0 heterocycles. The molecule has 0 saturated heterocycles. The van der Waals surface area contributed by atoms with Gasteiger partial charge in [-0.05, 0) is 26.9 Å². The molecule has 1 saturated carbocycles. The Morgan fingerprint density at radius 3 is 2.55 bits per heavy atom. The van der Waals surface area contributed by atoms with Gasteiger partial charge in [0.2, 0.25) is 0 Å². The van der Waals surface area contributed by atoms with E-state index in [1.165, 1.54) is 38.9 Å². The normalized spacial score (nSPS) is 17.4. The number of ether oxygens (including phenoxy) is 1. The first kappa shape index (κ1) is 14.9. The third kappa shape index (κ3) is 2.82. The molecule has 2 rings (SSSR count). The maximum absolute atomic E-state index is 13.5. The van der Waals surface area contributed by atoms with Crippen LogP contribution in [-0.2, 0) is 0 Å². The third-order valence-electron chi connectivity index (χ3n) is 4.41. The molecule has 0 unspecified atom stereocenters. The number of benzene rings is 1. The lowest BCUT2D eigenvalue weighted by atomic mass is 9.96. The number of methoxy groups -OCH3 is 1. The van der Waals surface area contributed by atoms with Gasteiger partial charge in [-0.2, -0.15) is 0 Å². The summed E-state index contributed by atoms with van der Waals surface area (Å²) in [6.07, 6.45) is 4.85. The van der Waals surface area contributed by atoms with E-state index in [4.69, 9.17) is 10.5 Å². The largest absolute Gasteiger partial charge is 0.494 e. The Morgan fingerprint density at radius 1 is 1.35 bits per heavy atom. The lowest BCUT2D eigenvalue weighted by molar-refractivity contribution is 0.172. The van der Waals surface area contributed by atoms with Crippen LogP contribution in [0.5, 0.6) is 5.75 Å². The molecule has 0 atom stereocenters. The number of halogens is 1. The maximum atomic E-state index is 13.5. The summed E-state index contributed by atoms with van der Waals surface area (Å²) in [7, 11) is 5.68. The van der Waals surface area contributed by atoms with Crippen LogP contribution in [-0.4, -0.2) is 38.2 Å². The van der Waals surface area contributed by atoms with Crippen LogP contribution in [0.25, 0.3) is 0 Å². The molecule has 5 heteroatoms. The Labute approximate surface area is 120 Å². The van der Waals surface area contributed by atoms with Crippen LogP contribution < -0.4 is 15.8 Å². The molecule has 1 aliphatic carbocycles. The first-order valence-electron chi connectivity index (χ1n) is 7.03. The summed E-state index contributed by atoms with van der Waals surface area (Å²) in [5.41, 5.74) is 7.18. The number of hydrogen-bond donors (Lipinski definition) is 2. The number of hydrogen-bond acceptors (Lipinski definition) is 4. The molecule has 1 aromatic rings. The average molecular weight is 281 g/mol. The summed E-state index contributed by atoms with van der Waals surface area (Å²) >= 11 is 0. The molecule has 0 amide bonds. The van der Waals surface area contributed by atoms with E-state index in [2.05, 4.69) is 24.3 Å². The molecule has 0 radical (unpaired) electrons. The minimum atomic E-state index is -0.432. The molecule has 3 N–H and O–H groups in total. The van der Waals surface area contributed by atoms with Gasteiger partial charge in [-0.3, -0.25) is 0 Å². The third-order valence-corrected chi connectivity index (χ3v) is 4.41. The summed E-state index contributed by atoms with van der Waals surface area (Å²) in [5, 5.41) is 3.37. The second-order valence-corrected chi connectivity index (χ2v) is 5.75. The van der Waals surface area contributed by atoms with Crippen LogP contribution >= 0.6 is 0 Å². The van der Waals surface area contributed by atoms with Gasteiger partial charge in [-0.25, -0.2) is 4.39 Å². The van der Waals surface area contributed by atoms with Crippen LogP contribution in [0.2, 0.25) is 0 Å². The molecule has 20 heavy (non-hydrogen) atoms. The quantitative estimate of drug-likeness (QED) is 0.815. The summed E-state index contributed by atoms with van der Waals surface area (Å²) in [6, 6.07) is 2.93. The molecule has 4 nitrogen and oxygen atoms in total. The standard InChI is InChI=1S/C15H24FN3O/c1-19(2)15(6-4-5-7-15)10-18-13-9-14(20-3)11(16)8-12(13)17/h8-9,18H,4-7,10,17H2,1-3H3. The minimum absolute atomic E-state index is 0.161. The number of nitrogens with zero attached hydrogens (tertiary/aromatic N) is 1. The predicted octanol–water partition coefficient (Wildman–Crippen LogP) is 2.70. The molecule has 0 spiro atoms. The predicted molar refractivity (Wildman–Crippen MR) is 80.7 cm³/mol. The van der Waals surface area contributed by atoms with Crippen LogP contribution in [0.15, 0.2) is 12.1 Å². The van der Waals surface area contributed by atoms with Gasteiger partial charge in [-0.1, -0.05) is 12.8 Å². The van der Waals surface area contributed by atoms with Gasteiger partial charge in [0.05, 0.1) is 18.5 Å². The van der Waals surface area contributed by atoms with Gasteiger partial charge >= 0.3 is 0 Å². The number of nitrogens with one attached hydrogen (secondary N) is 1. The SMILES string of the molecule is COc1cc(NCC2(N(C)C)CCCC2)c(N)cc1F. The van der Waals surface area contributed by atoms with Crippen molar-refractivity contribution in [2.75, 3.05) is 38.8 Å². The van der Waals surface area contributed by atoms with Gasteiger partial charge < -0.3 is 20.7 Å². The highest BCUT2D eigenvalue weighted by Gasteiger charge is 2.35. The highest BCUT2D eigenvalue weighted by atomic mass is 19.1. The molecule has 1 fully saturated rings. The zero-order chi connectivity index (χ0) is 14.8. The van der Waals surface area contributed by atoms with Gasteiger partial charge in [0.1, 0.15) is 0 Å². The second kappa shape index (κ2) is 5.87. The highest BCUT2D eigenvalue weighted by molar-refractivity contribution is 5.68. The van der Waals surface area contributed by atoms with Crippen molar-refractivity contribution in [2.45, 2.75) is 31.2 Å². The molecule has 0 aromatic heterocycles. The van der Waals surface area contributed by atoms with Gasteiger partial charge in [0.25, 0.3) is 0 Å². The lowest BCUT2D eigenvalue weighted by Crippen LogP contribution is -2.47. The minimum Gasteiger partial charge on any atom is -0.494 e. The summed E-state index contributed by atoms with van der Waals surface area (Å²) in [6.45, 7) is 0.805. The van der Waals surface area contributed by atoms with Crippen molar-refractivity contribution in [3.8, 4) is 5.75 Å². The molecular formula is C15H24FN3O. The first-order chi connectivity index (χ1) is 9.48. The van der Waals surface area contributed by atoms with E-state index in [0.717, 1.165) is 12.2 Å². The van der Waals surface area contributed by atoms with E-state index < -0.39 is 5.82 Å². The monoisotopic (exact) mass is 281 g/mol. The van der Waals surface area contributed by atoms with Crippen molar-refractivity contribution in [1.29, 1.82) is 0 Å². The average Bonchev–Trinajstić information content (AvgIpc) is 2.88. The van der Waals surface area contributed by atoms with Crippen molar-refractivity contribution in [3.63, 3.8) is 0 Å². The molecule has 0 aliphatic heterocycles. The highest BCUT2D eigenvalue weighted by Crippen LogP contribution is 2.35. The Morgan fingerprint density at radius 2 is 2.00 bits per heavy atom. The topological polar surface area (TPSA) is 50.5 Å². The molecule has 112 valence electrons. The van der Waals surface area contributed by atoms with Crippen LogP contribution in [0, 0.1) is 5.82 Å². The van der Waals surface area contributed by atoms with Crippen molar-refractivity contribution in [2.24, 2.45) is 0 Å². The van der Waals surface area contributed by atoms with Crippen LogP contribution in [0.4, 0.5) is 15.8 Å². The van der Waals surface area contributed by atoms with Crippen molar-refractivity contribution >= 4 is 11.4 Å². The van der Waals surface area contributed by atoms with E-state index in [9.17, 15) is 4.39 Å². The molecule has 0 bridgehead atoms. The summed E-state index contributed by atoms with van der Waals surface area (Å²) < 4.78 is 18.5. The van der Waals surface area contributed by atoms with Crippen LogP contribution in [0.3, 0.4) is 0 Å². The van der Waals surface area contributed by atoms with Crippen molar-refractivity contribution < 1.29 is 9.13 Å². The fourth-order valence-electron chi connectivity index (χ4n) is 2.95. The van der Waals surface area contributed by atoms with E-state index in [1.807, 2.05) is 0 Å². The van der Waals surface area contributed by atoms with E-state index in [1.54, 1.807) is 6.07 Å². The van der Waals surface area contributed by atoms with Crippen molar-refractivity contribution in [3.05, 3.63) is 17.9 Å². The number of nitrogens with two attached hydrogens (primary N) is 1. The number of rotatable bonds is 5. The Bertz CT molecular complexity index is 470. The second-order valence-electron chi connectivity index (χ2n) is 5.75. The Balaban J connectivity index is 2.14. The maximum Gasteiger partial charge on any atom is 0.167 e. The number of likely N-dealkylation sites (N-methyl/N-ethyl adjacent to an activating group) is 1. The number of nitrogen functional groups attached to an aromatic ring is 1. The Kier molecular flexibility index (Phi) is 4.38. The first-order valence-corrected chi connectivity index (χ1v) is 7.03. The summed E-state index contributed by atoms with van der Waals surface area (Å²) in [4.78, 5) is 2.28. The van der Waals surface area contributed by atoms with E-state index >= 15 is 0 Å². The van der Waals surface area contributed by atoms with Gasteiger partial charge in [0, 0.05) is 24.2 Å². The van der Waals surface area contributed by atoms with E-state index in [-0.39, 0.29) is 11.3 Å². The molecule has 1 aromatic carbocycles. The molecule has 1 aliphatic rings. The number of anilines is 2. The molecular weight excluding hydrogens is 257 g/mol. The fourth-order valence-corrected chi connectivity index (χ4v) is 2.95. The van der Waals surface area contributed by atoms with Gasteiger partial charge in [0.15, 0.2) is 11.6 Å². The fraction of sp³-hybridized carbons (Fsp3) is 0.600.